The van der Waals surface area contributed by atoms with Gasteiger partial charge < -0.3 is 9.84 Å². The second kappa shape index (κ2) is 5.43. The number of benzene rings is 1. The molecule has 108 valence electrons. The summed E-state index contributed by atoms with van der Waals surface area (Å²) in [6, 6.07) is 0. The van der Waals surface area contributed by atoms with Crippen molar-refractivity contribution in [3.8, 4) is 11.5 Å². The van der Waals surface area contributed by atoms with Gasteiger partial charge in [0, 0.05) is 6.54 Å². The van der Waals surface area contributed by atoms with Crippen LogP contribution in [0.4, 0.5) is 27.9 Å². The van der Waals surface area contributed by atoms with Crippen LogP contribution in [0.3, 0.4) is 0 Å². The van der Waals surface area contributed by atoms with Gasteiger partial charge in [-0.1, -0.05) is 6.92 Å². The Hall–Kier alpha value is -2.19. The van der Waals surface area contributed by atoms with Gasteiger partial charge in [0.2, 0.25) is 5.82 Å². The third kappa shape index (κ3) is 2.30. The number of aromatic nitrogens is 2. The van der Waals surface area contributed by atoms with Gasteiger partial charge in [0.05, 0.1) is 0 Å². The first kappa shape index (κ1) is 14.2. The van der Waals surface area contributed by atoms with E-state index in [-0.39, 0.29) is 5.95 Å². The highest BCUT2D eigenvalue weighted by Gasteiger charge is 2.29. The van der Waals surface area contributed by atoms with Crippen molar-refractivity contribution in [1.29, 1.82) is 0 Å². The molecule has 0 fully saturated rings. The van der Waals surface area contributed by atoms with E-state index in [1.165, 1.54) is 0 Å². The SMILES string of the molecule is CCCNc1noc(-c2c(F)c(F)c(F)c(F)c2F)n1. The smallest absolute Gasteiger partial charge is 0.265 e. The normalized spacial score (nSPS) is 10.9. The van der Waals surface area contributed by atoms with E-state index in [4.69, 9.17) is 0 Å². The van der Waals surface area contributed by atoms with Gasteiger partial charge in [-0.3, -0.25) is 0 Å². The molecule has 20 heavy (non-hydrogen) atoms. The summed E-state index contributed by atoms with van der Waals surface area (Å²) in [6.45, 7) is 2.30. The van der Waals surface area contributed by atoms with Crippen LogP contribution in [0.15, 0.2) is 4.52 Å². The molecule has 0 unspecified atom stereocenters. The predicted molar refractivity (Wildman–Crippen MR) is 58.3 cm³/mol. The largest absolute Gasteiger partial charge is 0.352 e. The van der Waals surface area contributed by atoms with E-state index in [1.807, 2.05) is 6.92 Å². The minimum atomic E-state index is -2.24. The molecule has 1 aromatic heterocycles. The summed E-state index contributed by atoms with van der Waals surface area (Å²) in [7, 11) is 0. The quantitative estimate of drug-likeness (QED) is 0.534. The number of rotatable bonds is 4. The van der Waals surface area contributed by atoms with Gasteiger partial charge in [-0.15, -0.1) is 0 Å². The molecule has 4 nitrogen and oxygen atoms in total. The summed E-state index contributed by atoms with van der Waals surface area (Å²) in [5.74, 6) is -11.3. The van der Waals surface area contributed by atoms with Crippen molar-refractivity contribution < 1.29 is 26.5 Å². The Kier molecular flexibility index (Phi) is 3.86. The minimum absolute atomic E-state index is 0.106. The Bertz CT molecular complexity index is 614. The Morgan fingerprint density at radius 1 is 0.950 bits per heavy atom. The van der Waals surface area contributed by atoms with E-state index >= 15 is 0 Å². The maximum atomic E-state index is 13.5. The van der Waals surface area contributed by atoms with Crippen molar-refractivity contribution >= 4 is 5.95 Å². The fourth-order valence-corrected chi connectivity index (χ4v) is 1.43. The van der Waals surface area contributed by atoms with Gasteiger partial charge in [-0.05, 0) is 11.6 Å². The molecule has 1 N–H and O–H groups in total. The van der Waals surface area contributed by atoms with Crippen LogP contribution in [0.1, 0.15) is 13.3 Å². The number of hydrogen-bond donors (Lipinski definition) is 1. The van der Waals surface area contributed by atoms with Crippen LogP contribution in [0.5, 0.6) is 0 Å². The predicted octanol–water partition coefficient (Wildman–Crippen LogP) is 3.25. The maximum Gasteiger partial charge on any atom is 0.265 e. The van der Waals surface area contributed by atoms with Crippen molar-refractivity contribution in [3.63, 3.8) is 0 Å². The minimum Gasteiger partial charge on any atom is -0.352 e. The molecule has 0 radical (unpaired) electrons. The van der Waals surface area contributed by atoms with E-state index in [1.54, 1.807) is 0 Å². The number of anilines is 1. The van der Waals surface area contributed by atoms with Gasteiger partial charge in [0.15, 0.2) is 23.3 Å². The third-order valence-corrected chi connectivity index (χ3v) is 2.38. The van der Waals surface area contributed by atoms with Crippen LogP contribution < -0.4 is 5.32 Å². The zero-order chi connectivity index (χ0) is 14.9. The topological polar surface area (TPSA) is 51.0 Å². The van der Waals surface area contributed by atoms with Gasteiger partial charge in [0.25, 0.3) is 11.8 Å². The fraction of sp³-hybridized carbons (Fsp3) is 0.273. The Morgan fingerprint density at radius 3 is 2.05 bits per heavy atom. The summed E-state index contributed by atoms with van der Waals surface area (Å²) in [4.78, 5) is 3.53. The van der Waals surface area contributed by atoms with Crippen LogP contribution in [0.25, 0.3) is 11.5 Å². The van der Waals surface area contributed by atoms with E-state index in [0.717, 1.165) is 0 Å². The number of nitrogens with one attached hydrogen (secondary N) is 1. The van der Waals surface area contributed by atoms with Gasteiger partial charge in [0.1, 0.15) is 5.56 Å². The second-order valence-electron chi connectivity index (χ2n) is 3.79. The molecular formula is C11H8F5N3O. The van der Waals surface area contributed by atoms with Crippen molar-refractivity contribution in [1.82, 2.24) is 10.1 Å². The summed E-state index contributed by atoms with van der Waals surface area (Å²) >= 11 is 0. The fourth-order valence-electron chi connectivity index (χ4n) is 1.43. The first-order valence-corrected chi connectivity index (χ1v) is 5.56. The summed E-state index contributed by atoms with van der Waals surface area (Å²) in [5, 5.41) is 5.97. The zero-order valence-electron chi connectivity index (χ0n) is 10.1. The number of nitrogens with zero attached hydrogens (tertiary/aromatic N) is 2. The van der Waals surface area contributed by atoms with E-state index in [2.05, 4.69) is 20.0 Å². The molecule has 0 aliphatic rings. The molecule has 2 rings (SSSR count). The molecule has 2 aromatic rings. The molecule has 1 aromatic carbocycles. The standard InChI is InChI=1S/C11H8F5N3O/c1-2-3-17-11-18-10(20-19-11)4-5(12)7(14)9(16)8(15)6(4)13/h2-3H2,1H3,(H,17,19). The first-order valence-electron chi connectivity index (χ1n) is 5.56. The van der Waals surface area contributed by atoms with Gasteiger partial charge in [-0.2, -0.15) is 4.98 Å². The van der Waals surface area contributed by atoms with Crippen LogP contribution >= 0.6 is 0 Å². The zero-order valence-corrected chi connectivity index (χ0v) is 10.1. The molecule has 1 heterocycles. The van der Waals surface area contributed by atoms with Crippen LogP contribution in [-0.2, 0) is 0 Å². The Balaban J connectivity index is 2.50. The molecular weight excluding hydrogens is 285 g/mol. The molecule has 0 saturated heterocycles. The highest BCUT2D eigenvalue weighted by molar-refractivity contribution is 5.56. The van der Waals surface area contributed by atoms with Crippen LogP contribution in [-0.4, -0.2) is 16.7 Å². The molecule has 0 atom stereocenters. The first-order chi connectivity index (χ1) is 9.47. The molecule has 9 heteroatoms. The summed E-state index contributed by atoms with van der Waals surface area (Å²) in [6.07, 6.45) is 0.715. The van der Waals surface area contributed by atoms with Crippen molar-refractivity contribution in [2.24, 2.45) is 0 Å². The van der Waals surface area contributed by atoms with Crippen molar-refractivity contribution in [2.45, 2.75) is 13.3 Å². The summed E-state index contributed by atoms with van der Waals surface area (Å²) in [5.41, 5.74) is -1.25. The monoisotopic (exact) mass is 293 g/mol. The molecule has 0 bridgehead atoms. The highest BCUT2D eigenvalue weighted by Crippen LogP contribution is 2.30. The van der Waals surface area contributed by atoms with Crippen LogP contribution in [0.2, 0.25) is 0 Å². The van der Waals surface area contributed by atoms with Gasteiger partial charge in [-0.25, -0.2) is 22.0 Å². The van der Waals surface area contributed by atoms with E-state index in [0.29, 0.717) is 13.0 Å². The Labute approximate surface area is 109 Å². The lowest BCUT2D eigenvalue weighted by atomic mass is 10.1. The second-order valence-corrected chi connectivity index (χ2v) is 3.79. The lowest BCUT2D eigenvalue weighted by molar-refractivity contribution is 0.373. The number of halogens is 5. The highest BCUT2D eigenvalue weighted by atomic mass is 19.2. The molecule has 0 saturated carbocycles. The Morgan fingerprint density at radius 2 is 1.50 bits per heavy atom. The molecule has 0 amide bonds. The van der Waals surface area contributed by atoms with Crippen LogP contribution in [0, 0.1) is 29.1 Å². The average Bonchev–Trinajstić information content (AvgIpc) is 2.89. The molecule has 0 aliphatic carbocycles. The van der Waals surface area contributed by atoms with Crippen molar-refractivity contribution in [3.05, 3.63) is 29.1 Å². The lowest BCUT2D eigenvalue weighted by Gasteiger charge is -2.03. The van der Waals surface area contributed by atoms with E-state index in [9.17, 15) is 22.0 Å². The maximum absolute atomic E-state index is 13.5. The lowest BCUT2D eigenvalue weighted by Crippen LogP contribution is -2.04. The van der Waals surface area contributed by atoms with Gasteiger partial charge >= 0.3 is 0 Å². The van der Waals surface area contributed by atoms with E-state index < -0.39 is 40.5 Å². The molecule has 0 spiro atoms. The third-order valence-electron chi connectivity index (χ3n) is 2.38. The number of hydrogen-bond acceptors (Lipinski definition) is 4. The molecule has 0 aliphatic heterocycles. The van der Waals surface area contributed by atoms with Crippen molar-refractivity contribution in [2.75, 3.05) is 11.9 Å². The average molecular weight is 293 g/mol. The summed E-state index contributed by atoms with van der Waals surface area (Å²) < 4.78 is 70.4.